The van der Waals surface area contributed by atoms with Gasteiger partial charge in [-0.25, -0.2) is 0 Å². The zero-order chi connectivity index (χ0) is 10.9. The number of amides is 1. The number of carbonyl (C=O) groups excluding carboxylic acids is 1. The van der Waals surface area contributed by atoms with E-state index in [0.717, 1.165) is 18.7 Å². The quantitative estimate of drug-likeness (QED) is 0.645. The van der Waals surface area contributed by atoms with Crippen LogP contribution < -0.4 is 5.32 Å². The van der Waals surface area contributed by atoms with Crippen molar-refractivity contribution in [3.8, 4) is 0 Å². The maximum absolute atomic E-state index is 11.3. The Balaban J connectivity index is 2.04. The summed E-state index contributed by atoms with van der Waals surface area (Å²) in [5.74, 6) is 0.00995. The lowest BCUT2D eigenvalue weighted by Crippen LogP contribution is -2.26. The predicted molar refractivity (Wildman–Crippen MR) is 56.4 cm³/mol. The molecular formula is C10H17N3O2. The van der Waals surface area contributed by atoms with Gasteiger partial charge in [0.25, 0.3) is 0 Å². The Bertz CT molecular complexity index is 272. The lowest BCUT2D eigenvalue weighted by atomic mass is 10.3. The SMILES string of the molecule is CCOCCCNC(=O)Cc1ccn[nH]1. The summed E-state index contributed by atoms with van der Waals surface area (Å²) in [6.07, 6.45) is 2.84. The van der Waals surface area contributed by atoms with Gasteiger partial charge in [0, 0.05) is 31.6 Å². The Morgan fingerprint density at radius 3 is 3.20 bits per heavy atom. The van der Waals surface area contributed by atoms with Crippen molar-refractivity contribution in [2.75, 3.05) is 19.8 Å². The number of aromatic nitrogens is 2. The van der Waals surface area contributed by atoms with Crippen molar-refractivity contribution in [1.29, 1.82) is 0 Å². The summed E-state index contributed by atoms with van der Waals surface area (Å²) in [5, 5.41) is 9.33. The molecule has 84 valence electrons. The van der Waals surface area contributed by atoms with Crippen molar-refractivity contribution in [2.45, 2.75) is 19.8 Å². The van der Waals surface area contributed by atoms with E-state index in [2.05, 4.69) is 15.5 Å². The summed E-state index contributed by atoms with van der Waals surface area (Å²) in [5.41, 5.74) is 0.831. The van der Waals surface area contributed by atoms with Gasteiger partial charge in [-0.3, -0.25) is 9.89 Å². The van der Waals surface area contributed by atoms with Crippen LogP contribution in [0.4, 0.5) is 0 Å². The molecule has 0 unspecified atom stereocenters. The highest BCUT2D eigenvalue weighted by Gasteiger charge is 2.02. The molecule has 1 aromatic heterocycles. The lowest BCUT2D eigenvalue weighted by molar-refractivity contribution is -0.120. The molecule has 5 heteroatoms. The molecule has 0 aliphatic rings. The van der Waals surface area contributed by atoms with Gasteiger partial charge in [0.1, 0.15) is 0 Å². The molecule has 0 spiro atoms. The summed E-state index contributed by atoms with van der Waals surface area (Å²) in [4.78, 5) is 11.3. The zero-order valence-corrected chi connectivity index (χ0v) is 8.95. The maximum atomic E-state index is 11.3. The Morgan fingerprint density at radius 2 is 2.53 bits per heavy atom. The first kappa shape index (κ1) is 11.7. The predicted octanol–water partition coefficient (Wildman–Crippen LogP) is 0.495. The van der Waals surface area contributed by atoms with Crippen LogP contribution in [-0.4, -0.2) is 35.9 Å². The van der Waals surface area contributed by atoms with Gasteiger partial charge < -0.3 is 10.1 Å². The molecule has 0 fully saturated rings. The molecule has 0 atom stereocenters. The summed E-state index contributed by atoms with van der Waals surface area (Å²) < 4.78 is 5.15. The van der Waals surface area contributed by atoms with E-state index in [-0.39, 0.29) is 5.91 Å². The highest BCUT2D eigenvalue weighted by Crippen LogP contribution is 1.92. The van der Waals surface area contributed by atoms with Crippen LogP contribution in [0.25, 0.3) is 0 Å². The molecule has 0 saturated carbocycles. The minimum absolute atomic E-state index is 0.00995. The molecule has 0 radical (unpaired) electrons. The molecule has 1 rings (SSSR count). The van der Waals surface area contributed by atoms with Crippen molar-refractivity contribution in [3.63, 3.8) is 0 Å². The number of nitrogens with zero attached hydrogens (tertiary/aromatic N) is 1. The average Bonchev–Trinajstić information content (AvgIpc) is 2.70. The van der Waals surface area contributed by atoms with Crippen LogP contribution in [-0.2, 0) is 16.0 Å². The van der Waals surface area contributed by atoms with E-state index in [0.29, 0.717) is 19.6 Å². The first-order chi connectivity index (χ1) is 7.33. The highest BCUT2D eigenvalue weighted by atomic mass is 16.5. The fraction of sp³-hybridized carbons (Fsp3) is 0.600. The van der Waals surface area contributed by atoms with Gasteiger partial charge in [0.2, 0.25) is 5.91 Å². The molecule has 0 aromatic carbocycles. The summed E-state index contributed by atoms with van der Waals surface area (Å²) in [6, 6.07) is 1.79. The molecule has 1 aromatic rings. The van der Waals surface area contributed by atoms with Gasteiger partial charge in [-0.1, -0.05) is 0 Å². The Hall–Kier alpha value is -1.36. The van der Waals surface area contributed by atoms with Gasteiger partial charge in [-0.05, 0) is 19.4 Å². The fourth-order valence-electron chi connectivity index (χ4n) is 1.16. The maximum Gasteiger partial charge on any atom is 0.225 e. The number of hydrogen-bond donors (Lipinski definition) is 2. The van der Waals surface area contributed by atoms with E-state index in [1.165, 1.54) is 0 Å². The van der Waals surface area contributed by atoms with Crippen molar-refractivity contribution < 1.29 is 9.53 Å². The number of nitrogens with one attached hydrogen (secondary N) is 2. The second-order valence-electron chi connectivity index (χ2n) is 3.16. The molecule has 15 heavy (non-hydrogen) atoms. The molecule has 0 bridgehead atoms. The number of H-pyrrole nitrogens is 1. The minimum Gasteiger partial charge on any atom is -0.382 e. The second-order valence-corrected chi connectivity index (χ2v) is 3.16. The molecule has 0 aliphatic heterocycles. The van der Waals surface area contributed by atoms with Crippen molar-refractivity contribution in [1.82, 2.24) is 15.5 Å². The largest absolute Gasteiger partial charge is 0.382 e. The first-order valence-corrected chi connectivity index (χ1v) is 5.15. The molecule has 0 saturated heterocycles. The number of rotatable bonds is 7. The fourth-order valence-corrected chi connectivity index (χ4v) is 1.16. The van der Waals surface area contributed by atoms with Gasteiger partial charge >= 0.3 is 0 Å². The van der Waals surface area contributed by atoms with Gasteiger partial charge in [-0.2, -0.15) is 5.10 Å². The second kappa shape index (κ2) is 7.00. The number of aromatic amines is 1. The Kier molecular flexibility index (Phi) is 5.47. The molecular weight excluding hydrogens is 194 g/mol. The van der Waals surface area contributed by atoms with Crippen LogP contribution in [0.3, 0.4) is 0 Å². The summed E-state index contributed by atoms with van der Waals surface area (Å²) in [6.45, 7) is 4.03. The topological polar surface area (TPSA) is 67.0 Å². The van der Waals surface area contributed by atoms with Crippen molar-refractivity contribution in [2.24, 2.45) is 0 Å². The number of carbonyl (C=O) groups is 1. The average molecular weight is 211 g/mol. The van der Waals surface area contributed by atoms with Crippen LogP contribution in [0.5, 0.6) is 0 Å². The van der Waals surface area contributed by atoms with Gasteiger partial charge in [-0.15, -0.1) is 0 Å². The van der Waals surface area contributed by atoms with E-state index in [1.54, 1.807) is 12.3 Å². The first-order valence-electron chi connectivity index (χ1n) is 5.15. The number of hydrogen-bond acceptors (Lipinski definition) is 3. The molecule has 2 N–H and O–H groups in total. The minimum atomic E-state index is 0.00995. The van der Waals surface area contributed by atoms with E-state index < -0.39 is 0 Å². The Morgan fingerprint density at radius 1 is 1.67 bits per heavy atom. The van der Waals surface area contributed by atoms with E-state index in [4.69, 9.17) is 4.74 Å². The monoisotopic (exact) mass is 211 g/mol. The standard InChI is InChI=1S/C10H17N3O2/c1-2-15-7-3-5-11-10(14)8-9-4-6-12-13-9/h4,6H,2-3,5,7-8H2,1H3,(H,11,14)(H,12,13). The van der Waals surface area contributed by atoms with Crippen molar-refractivity contribution >= 4 is 5.91 Å². The van der Waals surface area contributed by atoms with Gasteiger partial charge in [0.15, 0.2) is 0 Å². The van der Waals surface area contributed by atoms with E-state index in [9.17, 15) is 4.79 Å². The number of ether oxygens (including phenoxy) is 1. The molecule has 1 heterocycles. The normalized spacial score (nSPS) is 10.2. The van der Waals surface area contributed by atoms with Crippen LogP contribution in [0.2, 0.25) is 0 Å². The van der Waals surface area contributed by atoms with Crippen LogP contribution in [0, 0.1) is 0 Å². The zero-order valence-electron chi connectivity index (χ0n) is 8.95. The van der Waals surface area contributed by atoms with Gasteiger partial charge in [0.05, 0.1) is 6.42 Å². The Labute approximate surface area is 89.2 Å². The molecule has 1 amide bonds. The van der Waals surface area contributed by atoms with Crippen LogP contribution in [0.1, 0.15) is 19.0 Å². The van der Waals surface area contributed by atoms with E-state index >= 15 is 0 Å². The van der Waals surface area contributed by atoms with Crippen LogP contribution in [0.15, 0.2) is 12.3 Å². The van der Waals surface area contributed by atoms with Crippen molar-refractivity contribution in [3.05, 3.63) is 18.0 Å². The third kappa shape index (κ3) is 5.17. The molecule has 0 aliphatic carbocycles. The van der Waals surface area contributed by atoms with Crippen LogP contribution >= 0.6 is 0 Å². The lowest BCUT2D eigenvalue weighted by Gasteiger charge is -2.04. The summed E-state index contributed by atoms with van der Waals surface area (Å²) >= 11 is 0. The van der Waals surface area contributed by atoms with E-state index in [1.807, 2.05) is 6.92 Å². The molecule has 5 nitrogen and oxygen atoms in total. The summed E-state index contributed by atoms with van der Waals surface area (Å²) in [7, 11) is 0. The third-order valence-electron chi connectivity index (χ3n) is 1.90. The smallest absolute Gasteiger partial charge is 0.225 e. The third-order valence-corrected chi connectivity index (χ3v) is 1.90. The highest BCUT2D eigenvalue weighted by molar-refractivity contribution is 5.77.